The minimum absolute atomic E-state index is 0.0145. The van der Waals surface area contributed by atoms with E-state index in [2.05, 4.69) is 21.7 Å². The van der Waals surface area contributed by atoms with Crippen LogP contribution in [0.15, 0.2) is 29.3 Å². The molecule has 1 heterocycles. The number of ether oxygens (including phenoxy) is 1. The summed E-state index contributed by atoms with van der Waals surface area (Å²) in [5.74, 6) is 0.756. The molecule has 1 aromatic rings. The Hall–Kier alpha value is -2.10. The second-order valence-electron chi connectivity index (χ2n) is 6.13. The Balaban J connectivity index is 1.95. The molecular weight excluding hydrogens is 304 g/mol. The summed E-state index contributed by atoms with van der Waals surface area (Å²) < 4.78 is 5.52. The van der Waals surface area contributed by atoms with E-state index in [1.165, 1.54) is 0 Å². The number of nitrogens with zero attached hydrogens (tertiary/aromatic N) is 2. The third-order valence-corrected chi connectivity index (χ3v) is 4.30. The van der Waals surface area contributed by atoms with Crippen LogP contribution < -0.4 is 10.6 Å². The minimum atomic E-state index is -0.0145. The van der Waals surface area contributed by atoms with Crippen molar-refractivity contribution in [3.8, 4) is 6.07 Å². The smallest absolute Gasteiger partial charge is 0.191 e. The number of nitrogens with one attached hydrogen (secondary N) is 2. The van der Waals surface area contributed by atoms with Crippen molar-refractivity contribution < 1.29 is 9.84 Å². The van der Waals surface area contributed by atoms with Crippen LogP contribution >= 0.6 is 0 Å². The fourth-order valence-electron chi connectivity index (χ4n) is 2.78. The Morgan fingerprint density at radius 3 is 2.75 bits per heavy atom. The maximum absolute atomic E-state index is 9.30. The highest BCUT2D eigenvalue weighted by Gasteiger charge is 2.34. The van der Waals surface area contributed by atoms with Gasteiger partial charge in [0.25, 0.3) is 0 Å². The first-order valence-corrected chi connectivity index (χ1v) is 8.41. The van der Waals surface area contributed by atoms with Crippen LogP contribution in [0.25, 0.3) is 0 Å². The predicted octanol–water partition coefficient (Wildman–Crippen LogP) is 1.40. The van der Waals surface area contributed by atoms with Crippen LogP contribution in [0, 0.1) is 16.7 Å². The fourth-order valence-corrected chi connectivity index (χ4v) is 2.78. The lowest BCUT2D eigenvalue weighted by molar-refractivity contribution is 0.127. The summed E-state index contributed by atoms with van der Waals surface area (Å²) in [5, 5.41) is 24.8. The Morgan fingerprint density at radius 1 is 1.38 bits per heavy atom. The van der Waals surface area contributed by atoms with Gasteiger partial charge in [0.1, 0.15) is 0 Å². The molecule has 1 aliphatic rings. The molecule has 0 aromatic heterocycles. The van der Waals surface area contributed by atoms with Gasteiger partial charge in [-0.15, -0.1) is 0 Å². The number of aliphatic hydroxyl groups excluding tert-OH is 1. The van der Waals surface area contributed by atoms with E-state index in [0.717, 1.165) is 44.1 Å². The molecule has 1 saturated heterocycles. The van der Waals surface area contributed by atoms with Crippen molar-refractivity contribution in [3.63, 3.8) is 0 Å². The van der Waals surface area contributed by atoms with Gasteiger partial charge in [0.2, 0.25) is 0 Å². The monoisotopic (exact) mass is 330 g/mol. The normalized spacial score (nSPS) is 20.6. The lowest BCUT2D eigenvalue weighted by atomic mass is 9.84. The van der Waals surface area contributed by atoms with Gasteiger partial charge in [-0.05, 0) is 37.5 Å². The number of aliphatic imine (C=N–C) groups is 1. The molecule has 130 valence electrons. The summed E-state index contributed by atoms with van der Waals surface area (Å²) in [6, 6.07) is 9.56. The molecule has 6 heteroatoms. The van der Waals surface area contributed by atoms with E-state index in [1.54, 1.807) is 12.1 Å². The molecule has 1 fully saturated rings. The maximum Gasteiger partial charge on any atom is 0.191 e. The molecule has 3 N–H and O–H groups in total. The molecule has 0 amide bonds. The van der Waals surface area contributed by atoms with Gasteiger partial charge in [-0.3, -0.25) is 0 Å². The van der Waals surface area contributed by atoms with E-state index in [1.807, 2.05) is 19.1 Å². The van der Waals surface area contributed by atoms with E-state index in [-0.39, 0.29) is 12.0 Å². The number of guanidine groups is 1. The first-order valence-electron chi connectivity index (χ1n) is 8.41. The molecular formula is C18H26N4O2. The number of aliphatic hydroxyl groups is 1. The van der Waals surface area contributed by atoms with Crippen LogP contribution in [-0.4, -0.2) is 44.0 Å². The number of nitriles is 1. The summed E-state index contributed by atoms with van der Waals surface area (Å²) in [6.07, 6.45) is 1.69. The van der Waals surface area contributed by atoms with Gasteiger partial charge in [-0.25, -0.2) is 4.99 Å². The highest BCUT2D eigenvalue weighted by Crippen LogP contribution is 2.31. The average molecular weight is 330 g/mol. The zero-order chi connectivity index (χ0) is 17.3. The van der Waals surface area contributed by atoms with E-state index < -0.39 is 0 Å². The molecule has 0 saturated carbocycles. The number of hydrogen-bond acceptors (Lipinski definition) is 4. The molecule has 2 rings (SSSR count). The van der Waals surface area contributed by atoms with Gasteiger partial charge < -0.3 is 20.5 Å². The summed E-state index contributed by atoms with van der Waals surface area (Å²) in [5.41, 5.74) is 1.69. The number of rotatable bonds is 7. The second kappa shape index (κ2) is 9.26. The Labute approximate surface area is 143 Å². The van der Waals surface area contributed by atoms with Gasteiger partial charge in [-0.2, -0.15) is 5.26 Å². The second-order valence-corrected chi connectivity index (χ2v) is 6.13. The maximum atomic E-state index is 9.30. The highest BCUT2D eigenvalue weighted by molar-refractivity contribution is 5.79. The third kappa shape index (κ3) is 5.22. The van der Waals surface area contributed by atoms with E-state index in [9.17, 15) is 5.11 Å². The van der Waals surface area contributed by atoms with E-state index in [4.69, 9.17) is 10.00 Å². The topological polar surface area (TPSA) is 89.7 Å². The SMILES string of the molecule is CCNC(=NCc1ccc(C#N)cc1)NCC1(CCO)CCOC1. The molecule has 1 atom stereocenters. The van der Waals surface area contributed by atoms with E-state index in [0.29, 0.717) is 18.7 Å². The molecule has 24 heavy (non-hydrogen) atoms. The van der Waals surface area contributed by atoms with Crippen molar-refractivity contribution in [2.75, 3.05) is 32.9 Å². The molecule has 1 aromatic carbocycles. The molecule has 0 aliphatic carbocycles. The zero-order valence-electron chi connectivity index (χ0n) is 14.2. The van der Waals surface area contributed by atoms with E-state index >= 15 is 0 Å². The van der Waals surface area contributed by atoms with Crippen molar-refractivity contribution in [2.45, 2.75) is 26.3 Å². The molecule has 0 radical (unpaired) electrons. The van der Waals surface area contributed by atoms with Crippen molar-refractivity contribution in [3.05, 3.63) is 35.4 Å². The van der Waals surface area contributed by atoms with Gasteiger partial charge >= 0.3 is 0 Å². The highest BCUT2D eigenvalue weighted by atomic mass is 16.5. The molecule has 0 bridgehead atoms. The molecule has 1 aliphatic heterocycles. The lowest BCUT2D eigenvalue weighted by Gasteiger charge is -2.27. The number of hydrogen-bond donors (Lipinski definition) is 3. The first kappa shape index (κ1) is 18.2. The van der Waals surface area contributed by atoms with Gasteiger partial charge in [0.05, 0.1) is 24.8 Å². The van der Waals surface area contributed by atoms with Crippen LogP contribution in [0.5, 0.6) is 0 Å². The van der Waals surface area contributed by atoms with Crippen LogP contribution in [0.1, 0.15) is 30.9 Å². The first-order chi connectivity index (χ1) is 11.7. The van der Waals surface area contributed by atoms with Crippen molar-refractivity contribution in [1.29, 1.82) is 5.26 Å². The van der Waals surface area contributed by atoms with Crippen LogP contribution in [0.4, 0.5) is 0 Å². The Bertz CT molecular complexity index is 572. The fraction of sp³-hybridized carbons (Fsp3) is 0.556. The van der Waals surface area contributed by atoms with Gasteiger partial charge in [0.15, 0.2) is 5.96 Å². The molecule has 0 spiro atoms. The van der Waals surface area contributed by atoms with Crippen LogP contribution in [0.2, 0.25) is 0 Å². The largest absolute Gasteiger partial charge is 0.396 e. The number of benzene rings is 1. The van der Waals surface area contributed by atoms with Crippen molar-refractivity contribution in [2.24, 2.45) is 10.4 Å². The summed E-state index contributed by atoms with van der Waals surface area (Å²) in [6.45, 7) is 5.68. The van der Waals surface area contributed by atoms with Gasteiger partial charge in [0, 0.05) is 31.7 Å². The predicted molar refractivity (Wildman–Crippen MR) is 93.5 cm³/mol. The molecule has 1 unspecified atom stereocenters. The quantitative estimate of drug-likeness (QED) is 0.519. The summed E-state index contributed by atoms with van der Waals surface area (Å²) >= 11 is 0. The Morgan fingerprint density at radius 2 is 2.17 bits per heavy atom. The lowest BCUT2D eigenvalue weighted by Crippen LogP contribution is -2.44. The zero-order valence-corrected chi connectivity index (χ0v) is 14.2. The summed E-state index contributed by atoms with van der Waals surface area (Å²) in [4.78, 5) is 4.60. The van der Waals surface area contributed by atoms with Crippen LogP contribution in [0.3, 0.4) is 0 Å². The minimum Gasteiger partial charge on any atom is -0.396 e. The molecule has 6 nitrogen and oxygen atoms in total. The Kier molecular flexibility index (Phi) is 7.04. The summed E-state index contributed by atoms with van der Waals surface area (Å²) in [7, 11) is 0. The third-order valence-electron chi connectivity index (χ3n) is 4.30. The van der Waals surface area contributed by atoms with Gasteiger partial charge in [-0.1, -0.05) is 12.1 Å². The average Bonchev–Trinajstić information content (AvgIpc) is 3.07. The standard InChI is InChI=1S/C18H26N4O2/c1-2-20-17(21-12-16-5-3-15(11-19)4-6-16)22-13-18(7-9-23)8-10-24-14-18/h3-6,23H,2,7-10,12-14H2,1H3,(H2,20,21,22). The van der Waals surface area contributed by atoms with Crippen molar-refractivity contribution >= 4 is 5.96 Å². The van der Waals surface area contributed by atoms with Crippen molar-refractivity contribution in [1.82, 2.24) is 10.6 Å². The van der Waals surface area contributed by atoms with Crippen LogP contribution in [-0.2, 0) is 11.3 Å².